The van der Waals surface area contributed by atoms with Crippen LogP contribution in [-0.2, 0) is 22.6 Å². The van der Waals surface area contributed by atoms with Crippen molar-refractivity contribution < 1.29 is 24.2 Å². The maximum absolute atomic E-state index is 12.9. The van der Waals surface area contributed by atoms with Gasteiger partial charge in [0, 0.05) is 24.2 Å². The summed E-state index contributed by atoms with van der Waals surface area (Å²) in [6, 6.07) is 12.3. The Morgan fingerprint density at radius 2 is 1.93 bits per heavy atom. The summed E-state index contributed by atoms with van der Waals surface area (Å²) in [7, 11) is 1.51. The van der Waals surface area contributed by atoms with Crippen molar-refractivity contribution in [3.8, 4) is 5.75 Å². The Labute approximate surface area is 157 Å². The number of ether oxygens (including phenoxy) is 1. The third-order valence-electron chi connectivity index (χ3n) is 4.87. The molecule has 0 fully saturated rings. The molecule has 6 nitrogen and oxygen atoms in total. The van der Waals surface area contributed by atoms with Gasteiger partial charge in [-0.1, -0.05) is 24.3 Å². The van der Waals surface area contributed by atoms with Crippen LogP contribution in [0.3, 0.4) is 0 Å². The predicted octanol–water partition coefficient (Wildman–Crippen LogP) is 2.65. The molecule has 1 aliphatic heterocycles. The Morgan fingerprint density at radius 1 is 1.19 bits per heavy atom. The Balaban J connectivity index is 1.86. The molecular formula is C21H21NO5. The number of methoxy groups -OCH3 is 1. The number of carbonyl (C=O) groups is 3. The zero-order chi connectivity index (χ0) is 19.6. The molecule has 0 bridgehead atoms. The summed E-state index contributed by atoms with van der Waals surface area (Å²) in [6.45, 7) is 1.96. The second kappa shape index (κ2) is 7.61. The van der Waals surface area contributed by atoms with Crippen molar-refractivity contribution >= 4 is 17.7 Å². The SMILES string of the molecule is COc1ccc(C(C)=O)cc1CC(=O)N1Cc2ccccc2C(C(=O)O)C1. The number of amides is 1. The number of aliphatic carboxylic acids is 1. The first kappa shape index (κ1) is 18.6. The standard InChI is InChI=1S/C21H21NO5/c1-13(23)14-7-8-19(27-2)16(9-14)10-20(24)22-11-15-5-3-4-6-17(15)18(12-22)21(25)26/h3-9,18H,10-12H2,1-2H3,(H,25,26). The maximum atomic E-state index is 12.9. The van der Waals surface area contributed by atoms with Crippen LogP contribution in [-0.4, -0.2) is 41.3 Å². The largest absolute Gasteiger partial charge is 0.496 e. The van der Waals surface area contributed by atoms with E-state index in [1.807, 2.05) is 18.2 Å². The Bertz CT molecular complexity index is 905. The van der Waals surface area contributed by atoms with Crippen molar-refractivity contribution in [1.82, 2.24) is 4.90 Å². The van der Waals surface area contributed by atoms with Gasteiger partial charge in [-0.2, -0.15) is 0 Å². The number of hydrogen-bond acceptors (Lipinski definition) is 4. The normalized spacial score (nSPS) is 15.8. The smallest absolute Gasteiger partial charge is 0.312 e. The van der Waals surface area contributed by atoms with Crippen molar-refractivity contribution in [1.29, 1.82) is 0 Å². The number of rotatable bonds is 5. The van der Waals surface area contributed by atoms with Gasteiger partial charge in [-0.3, -0.25) is 14.4 Å². The highest BCUT2D eigenvalue weighted by molar-refractivity contribution is 5.94. The lowest BCUT2D eigenvalue weighted by Gasteiger charge is -2.33. The number of nitrogens with zero attached hydrogens (tertiary/aromatic N) is 1. The van der Waals surface area contributed by atoms with E-state index in [0.29, 0.717) is 23.4 Å². The van der Waals surface area contributed by atoms with Crippen LogP contribution < -0.4 is 4.74 Å². The first-order valence-electron chi connectivity index (χ1n) is 8.67. The lowest BCUT2D eigenvalue weighted by molar-refractivity contribution is -0.141. The summed E-state index contributed by atoms with van der Waals surface area (Å²) in [6.07, 6.45) is 0.0405. The number of fused-ring (bicyclic) bond motifs is 1. The second-order valence-corrected chi connectivity index (χ2v) is 6.62. The van der Waals surface area contributed by atoms with Gasteiger partial charge in [-0.05, 0) is 36.2 Å². The van der Waals surface area contributed by atoms with Crippen LogP contribution in [0.25, 0.3) is 0 Å². The van der Waals surface area contributed by atoms with Crippen molar-refractivity contribution in [2.24, 2.45) is 0 Å². The number of ketones is 1. The first-order valence-corrected chi connectivity index (χ1v) is 8.67. The van der Waals surface area contributed by atoms with E-state index >= 15 is 0 Å². The molecule has 0 aromatic heterocycles. The number of Topliss-reactive ketones (excluding diaryl/α,β-unsaturated/α-hetero) is 1. The lowest BCUT2D eigenvalue weighted by Crippen LogP contribution is -2.41. The Kier molecular flexibility index (Phi) is 5.26. The number of carboxylic acid groups (broad SMARTS) is 1. The fourth-order valence-corrected chi connectivity index (χ4v) is 3.42. The Hall–Kier alpha value is -3.15. The van der Waals surface area contributed by atoms with E-state index in [-0.39, 0.29) is 24.7 Å². The zero-order valence-electron chi connectivity index (χ0n) is 15.3. The molecule has 2 aromatic rings. The summed E-state index contributed by atoms with van der Waals surface area (Å²) in [4.78, 5) is 37.8. The quantitative estimate of drug-likeness (QED) is 0.822. The highest BCUT2D eigenvalue weighted by Crippen LogP contribution is 2.29. The number of carbonyl (C=O) groups excluding carboxylic acids is 2. The molecule has 1 atom stereocenters. The van der Waals surface area contributed by atoms with E-state index in [2.05, 4.69) is 0 Å². The average Bonchev–Trinajstić information content (AvgIpc) is 2.66. The molecule has 3 rings (SSSR count). The number of benzene rings is 2. The minimum absolute atomic E-state index is 0.0405. The molecule has 6 heteroatoms. The molecule has 1 unspecified atom stereocenters. The van der Waals surface area contributed by atoms with E-state index in [1.54, 1.807) is 29.2 Å². The molecule has 1 heterocycles. The molecule has 0 radical (unpaired) electrons. The molecule has 0 saturated carbocycles. The fourth-order valence-electron chi connectivity index (χ4n) is 3.42. The monoisotopic (exact) mass is 367 g/mol. The molecular weight excluding hydrogens is 346 g/mol. The molecule has 1 N–H and O–H groups in total. The highest BCUT2D eigenvalue weighted by atomic mass is 16.5. The third-order valence-corrected chi connectivity index (χ3v) is 4.87. The summed E-state index contributed by atoms with van der Waals surface area (Å²) >= 11 is 0. The highest BCUT2D eigenvalue weighted by Gasteiger charge is 2.32. The average molecular weight is 367 g/mol. The molecule has 1 amide bonds. The van der Waals surface area contributed by atoms with E-state index in [0.717, 1.165) is 11.1 Å². The van der Waals surface area contributed by atoms with E-state index in [9.17, 15) is 19.5 Å². The van der Waals surface area contributed by atoms with Crippen LogP contribution in [0.15, 0.2) is 42.5 Å². The van der Waals surface area contributed by atoms with Gasteiger partial charge in [0.15, 0.2) is 5.78 Å². The van der Waals surface area contributed by atoms with Crippen LogP contribution in [0.4, 0.5) is 0 Å². The van der Waals surface area contributed by atoms with Gasteiger partial charge in [0.2, 0.25) is 5.91 Å². The van der Waals surface area contributed by atoms with Crippen LogP contribution in [0.1, 0.15) is 39.9 Å². The van der Waals surface area contributed by atoms with Gasteiger partial charge in [0.05, 0.1) is 19.4 Å². The summed E-state index contributed by atoms with van der Waals surface area (Å²) in [5.41, 5.74) is 2.71. The minimum atomic E-state index is -0.948. The first-order chi connectivity index (χ1) is 12.9. The van der Waals surface area contributed by atoms with Gasteiger partial charge < -0.3 is 14.7 Å². The number of carboxylic acids is 1. The van der Waals surface area contributed by atoms with Gasteiger partial charge in [0.25, 0.3) is 0 Å². The molecule has 0 saturated heterocycles. The Morgan fingerprint density at radius 3 is 2.59 bits per heavy atom. The van der Waals surface area contributed by atoms with E-state index in [1.165, 1.54) is 14.0 Å². The van der Waals surface area contributed by atoms with Crippen LogP contribution in [0.2, 0.25) is 0 Å². The second-order valence-electron chi connectivity index (χ2n) is 6.62. The van der Waals surface area contributed by atoms with Crippen LogP contribution in [0.5, 0.6) is 5.75 Å². The topological polar surface area (TPSA) is 83.9 Å². The van der Waals surface area contributed by atoms with Crippen LogP contribution in [0, 0.1) is 0 Å². The molecule has 2 aromatic carbocycles. The van der Waals surface area contributed by atoms with E-state index in [4.69, 9.17) is 4.74 Å². The van der Waals surface area contributed by atoms with Gasteiger partial charge >= 0.3 is 5.97 Å². The third kappa shape index (κ3) is 3.84. The predicted molar refractivity (Wildman–Crippen MR) is 98.9 cm³/mol. The van der Waals surface area contributed by atoms with Crippen molar-refractivity contribution in [3.63, 3.8) is 0 Å². The maximum Gasteiger partial charge on any atom is 0.312 e. The summed E-state index contributed by atoms with van der Waals surface area (Å²) in [5.74, 6) is -1.46. The summed E-state index contributed by atoms with van der Waals surface area (Å²) in [5, 5.41) is 9.56. The van der Waals surface area contributed by atoms with Crippen molar-refractivity contribution in [2.45, 2.75) is 25.8 Å². The van der Waals surface area contributed by atoms with Gasteiger partial charge in [-0.25, -0.2) is 0 Å². The fraction of sp³-hybridized carbons (Fsp3) is 0.286. The molecule has 0 aliphatic carbocycles. The van der Waals surface area contributed by atoms with Gasteiger partial charge in [-0.15, -0.1) is 0 Å². The lowest BCUT2D eigenvalue weighted by atomic mass is 9.89. The zero-order valence-corrected chi connectivity index (χ0v) is 15.3. The molecule has 0 spiro atoms. The molecule has 1 aliphatic rings. The summed E-state index contributed by atoms with van der Waals surface area (Å²) < 4.78 is 5.31. The van der Waals surface area contributed by atoms with Crippen LogP contribution >= 0.6 is 0 Å². The van der Waals surface area contributed by atoms with Gasteiger partial charge in [0.1, 0.15) is 5.75 Å². The number of hydrogen-bond donors (Lipinski definition) is 1. The molecule has 27 heavy (non-hydrogen) atoms. The molecule has 140 valence electrons. The minimum Gasteiger partial charge on any atom is -0.496 e. The van der Waals surface area contributed by atoms with Crippen molar-refractivity contribution in [3.05, 3.63) is 64.7 Å². The van der Waals surface area contributed by atoms with Crippen molar-refractivity contribution in [2.75, 3.05) is 13.7 Å². The van der Waals surface area contributed by atoms with E-state index < -0.39 is 11.9 Å².